The molecule has 0 aliphatic heterocycles. The molecule has 0 amide bonds. The molecule has 0 unspecified atom stereocenters. The highest BCUT2D eigenvalue weighted by molar-refractivity contribution is 6.32. The van der Waals surface area contributed by atoms with Crippen LogP contribution in [0.3, 0.4) is 0 Å². The van der Waals surface area contributed by atoms with Crippen LogP contribution in [0.5, 0.6) is 5.75 Å². The quantitative estimate of drug-likeness (QED) is 0.557. The maximum absolute atomic E-state index is 9.35. The number of rotatable bonds is 6. The van der Waals surface area contributed by atoms with E-state index in [-0.39, 0.29) is 10.8 Å². The third-order valence-electron chi connectivity index (χ3n) is 2.49. The lowest BCUT2D eigenvalue weighted by Gasteiger charge is -2.21. The van der Waals surface area contributed by atoms with Gasteiger partial charge in [-0.05, 0) is 30.2 Å². The maximum Gasteiger partial charge on any atom is 0.335 e. The van der Waals surface area contributed by atoms with Crippen molar-refractivity contribution in [1.29, 1.82) is 0 Å². The Labute approximate surface area is 123 Å². The zero-order valence-corrected chi connectivity index (χ0v) is 12.0. The lowest BCUT2D eigenvalue weighted by Crippen LogP contribution is -2.43. The second-order valence-corrected chi connectivity index (χ2v) is 4.45. The molecule has 108 valence electrons. The van der Waals surface area contributed by atoms with Crippen LogP contribution in [0.15, 0.2) is 49.1 Å². The van der Waals surface area contributed by atoms with Gasteiger partial charge in [-0.1, -0.05) is 48.6 Å². The third kappa shape index (κ3) is 4.51. The molecule has 0 atom stereocenters. The molecule has 0 fully saturated rings. The van der Waals surface area contributed by atoms with Crippen molar-refractivity contribution in [1.82, 2.24) is 0 Å². The van der Waals surface area contributed by atoms with E-state index in [1.54, 1.807) is 24.3 Å². The minimum Gasteiger partial charge on any atom is -0.437 e. The molecular formula is C15H18ClNO3. The van der Waals surface area contributed by atoms with E-state index in [2.05, 4.69) is 6.58 Å². The molecule has 0 saturated carbocycles. The molecule has 1 aromatic carbocycles. The predicted octanol–water partition coefficient (Wildman–Crippen LogP) is 2.46. The number of hydrogen-bond donors (Lipinski definition) is 3. The number of nitrogens with two attached hydrogens (primary N) is 1. The lowest BCUT2D eigenvalue weighted by atomic mass is 10.1. The molecule has 0 saturated heterocycles. The lowest BCUT2D eigenvalue weighted by molar-refractivity contribution is -0.283. The van der Waals surface area contributed by atoms with Crippen LogP contribution in [0.4, 0.5) is 0 Å². The summed E-state index contributed by atoms with van der Waals surface area (Å²) in [6.07, 6.45) is 7.38. The highest BCUT2D eigenvalue weighted by atomic mass is 35.5. The van der Waals surface area contributed by atoms with E-state index in [0.717, 1.165) is 11.1 Å². The summed E-state index contributed by atoms with van der Waals surface area (Å²) in [6.45, 7) is 5.19. The predicted molar refractivity (Wildman–Crippen MR) is 81.3 cm³/mol. The van der Waals surface area contributed by atoms with Gasteiger partial charge < -0.3 is 20.7 Å². The fraction of sp³-hybridized carbons (Fsp3) is 0.200. The first-order valence-corrected chi connectivity index (χ1v) is 6.40. The summed E-state index contributed by atoms with van der Waals surface area (Å²) in [6, 6.07) is 4.94. The van der Waals surface area contributed by atoms with Crippen molar-refractivity contribution in [3.05, 3.63) is 59.7 Å². The fourth-order valence-corrected chi connectivity index (χ4v) is 1.68. The van der Waals surface area contributed by atoms with Crippen LogP contribution in [0.25, 0.3) is 5.57 Å². The first-order valence-electron chi connectivity index (χ1n) is 6.02. The zero-order valence-electron chi connectivity index (χ0n) is 11.2. The first kappa shape index (κ1) is 16.5. The number of aliphatic hydroxyl groups is 2. The molecule has 0 heterocycles. The topological polar surface area (TPSA) is 75.7 Å². The Morgan fingerprint density at radius 3 is 2.70 bits per heavy atom. The summed E-state index contributed by atoms with van der Waals surface area (Å²) < 4.78 is 4.93. The normalized spacial score (nSPS) is 12.8. The van der Waals surface area contributed by atoms with Crippen molar-refractivity contribution in [3.8, 4) is 5.75 Å². The van der Waals surface area contributed by atoms with Crippen molar-refractivity contribution in [3.63, 3.8) is 0 Å². The zero-order chi connectivity index (χ0) is 15.2. The number of ether oxygens (including phenoxy) is 1. The van der Waals surface area contributed by atoms with Gasteiger partial charge in [0.2, 0.25) is 0 Å². The highest BCUT2D eigenvalue weighted by Gasteiger charge is 2.24. The summed E-state index contributed by atoms with van der Waals surface area (Å²) in [5.41, 5.74) is 6.88. The van der Waals surface area contributed by atoms with Gasteiger partial charge in [0.15, 0.2) is 0 Å². The van der Waals surface area contributed by atoms with E-state index in [4.69, 9.17) is 22.1 Å². The van der Waals surface area contributed by atoms with E-state index < -0.39 is 12.5 Å². The molecule has 0 radical (unpaired) electrons. The van der Waals surface area contributed by atoms with E-state index in [0.29, 0.717) is 0 Å². The molecule has 4 N–H and O–H groups in total. The van der Waals surface area contributed by atoms with Crippen LogP contribution in [0, 0.1) is 0 Å². The molecule has 1 aromatic rings. The SMILES string of the molecule is C=C/C(=C\C=C\C)c1ccc(OC(O)(O)CN)c(Cl)c1. The van der Waals surface area contributed by atoms with Crippen LogP contribution < -0.4 is 10.5 Å². The minimum absolute atomic E-state index is 0.139. The summed E-state index contributed by atoms with van der Waals surface area (Å²) in [4.78, 5) is 0. The van der Waals surface area contributed by atoms with E-state index >= 15 is 0 Å². The fourth-order valence-electron chi connectivity index (χ4n) is 1.46. The van der Waals surface area contributed by atoms with E-state index in [1.807, 2.05) is 25.2 Å². The summed E-state index contributed by atoms with van der Waals surface area (Å²) >= 11 is 6.06. The second-order valence-electron chi connectivity index (χ2n) is 4.05. The molecule has 4 nitrogen and oxygen atoms in total. The summed E-state index contributed by atoms with van der Waals surface area (Å²) in [5, 5.41) is 19.0. The molecule has 0 bridgehead atoms. The average Bonchev–Trinajstić information content (AvgIpc) is 2.42. The summed E-state index contributed by atoms with van der Waals surface area (Å²) in [7, 11) is 0. The van der Waals surface area contributed by atoms with Crippen molar-refractivity contribution in [2.24, 2.45) is 5.73 Å². The molecular weight excluding hydrogens is 278 g/mol. The molecule has 0 spiro atoms. The maximum atomic E-state index is 9.35. The Kier molecular flexibility index (Phi) is 5.98. The Morgan fingerprint density at radius 1 is 1.50 bits per heavy atom. The Hall–Kier alpha value is -1.59. The summed E-state index contributed by atoms with van der Waals surface area (Å²) in [5.74, 6) is -2.30. The van der Waals surface area contributed by atoms with Crippen LogP contribution >= 0.6 is 11.6 Å². The molecule has 0 aliphatic carbocycles. The van der Waals surface area contributed by atoms with Crippen molar-refractivity contribution in [2.75, 3.05) is 6.54 Å². The van der Waals surface area contributed by atoms with E-state index in [9.17, 15) is 10.2 Å². The number of hydrogen-bond acceptors (Lipinski definition) is 4. The molecule has 1 rings (SSSR count). The minimum atomic E-state index is -2.44. The molecule has 0 aliphatic rings. The van der Waals surface area contributed by atoms with Crippen LogP contribution in [-0.2, 0) is 0 Å². The number of allylic oxidation sites excluding steroid dienone is 5. The molecule has 20 heavy (non-hydrogen) atoms. The van der Waals surface area contributed by atoms with Gasteiger partial charge in [0.25, 0.3) is 0 Å². The van der Waals surface area contributed by atoms with Crippen LogP contribution in [0.2, 0.25) is 5.02 Å². The third-order valence-corrected chi connectivity index (χ3v) is 2.79. The highest BCUT2D eigenvalue weighted by Crippen LogP contribution is 2.30. The second kappa shape index (κ2) is 7.26. The number of halogens is 1. The van der Waals surface area contributed by atoms with Crippen molar-refractivity contribution in [2.45, 2.75) is 12.9 Å². The van der Waals surface area contributed by atoms with Gasteiger partial charge in [-0.15, -0.1) is 0 Å². The van der Waals surface area contributed by atoms with Gasteiger partial charge in [-0.2, -0.15) is 0 Å². The largest absolute Gasteiger partial charge is 0.437 e. The monoisotopic (exact) mass is 295 g/mol. The number of benzene rings is 1. The van der Waals surface area contributed by atoms with E-state index in [1.165, 1.54) is 0 Å². The van der Waals surface area contributed by atoms with Gasteiger partial charge in [-0.25, -0.2) is 0 Å². The van der Waals surface area contributed by atoms with Crippen molar-refractivity contribution < 1.29 is 14.9 Å². The first-order chi connectivity index (χ1) is 9.43. The van der Waals surface area contributed by atoms with Gasteiger partial charge >= 0.3 is 5.97 Å². The van der Waals surface area contributed by atoms with Gasteiger partial charge in [0, 0.05) is 0 Å². The van der Waals surface area contributed by atoms with Gasteiger partial charge in [0.05, 0.1) is 11.6 Å². The van der Waals surface area contributed by atoms with Crippen LogP contribution in [-0.4, -0.2) is 22.7 Å². The Bertz CT molecular complexity index is 536. The van der Waals surface area contributed by atoms with Gasteiger partial charge in [-0.3, -0.25) is 0 Å². The van der Waals surface area contributed by atoms with Gasteiger partial charge in [0.1, 0.15) is 5.75 Å². The standard InChI is InChI=1S/C15H18ClNO3/c1-3-5-6-11(4-2)12-7-8-14(13(16)9-12)20-15(18,19)10-17/h3-9,18-19H,2,10,17H2,1H3/b5-3+,11-6+. The smallest absolute Gasteiger partial charge is 0.335 e. The van der Waals surface area contributed by atoms with Crippen molar-refractivity contribution >= 4 is 17.2 Å². The Balaban J connectivity index is 3.07. The molecule has 5 heteroatoms. The van der Waals surface area contributed by atoms with Crippen LogP contribution in [0.1, 0.15) is 12.5 Å². The Morgan fingerprint density at radius 2 is 2.20 bits per heavy atom. The molecule has 0 aromatic heterocycles. The average molecular weight is 296 g/mol.